The largest absolute Gasteiger partial charge is 0.494 e. The molecular weight excluding hydrogens is 468 g/mol. The van der Waals surface area contributed by atoms with Crippen LogP contribution in [0.2, 0.25) is 0 Å². The highest BCUT2D eigenvalue weighted by Gasteiger charge is 2.34. The van der Waals surface area contributed by atoms with Crippen LogP contribution >= 0.6 is 0 Å². The third kappa shape index (κ3) is 4.71. The van der Waals surface area contributed by atoms with Gasteiger partial charge in [-0.3, -0.25) is 19.6 Å². The average molecular weight is 501 g/mol. The van der Waals surface area contributed by atoms with Crippen LogP contribution < -0.4 is 15.7 Å². The van der Waals surface area contributed by atoms with Crippen molar-refractivity contribution in [3.05, 3.63) is 80.5 Å². The smallest absolute Gasteiger partial charge is 0.292 e. The second-order valence-electron chi connectivity index (χ2n) is 10.3. The normalized spacial score (nSPS) is 20.6. The predicted octanol–water partition coefficient (Wildman–Crippen LogP) is 2.84. The van der Waals surface area contributed by atoms with Gasteiger partial charge in [0, 0.05) is 60.7 Å². The highest BCUT2D eigenvalue weighted by Crippen LogP contribution is 2.36. The summed E-state index contributed by atoms with van der Waals surface area (Å²) >= 11 is 0. The molecule has 1 aliphatic carbocycles. The van der Waals surface area contributed by atoms with Crippen LogP contribution in [0.5, 0.6) is 5.75 Å². The van der Waals surface area contributed by atoms with Gasteiger partial charge in [0.15, 0.2) is 5.69 Å². The minimum Gasteiger partial charge on any atom is -0.494 e. The van der Waals surface area contributed by atoms with Crippen molar-refractivity contribution >= 4 is 12.1 Å². The van der Waals surface area contributed by atoms with E-state index in [-0.39, 0.29) is 11.5 Å². The number of aromatic amines is 1. The molecule has 4 heterocycles. The van der Waals surface area contributed by atoms with E-state index in [0.29, 0.717) is 24.1 Å². The first-order chi connectivity index (χ1) is 18.1. The van der Waals surface area contributed by atoms with Crippen LogP contribution in [0.25, 0.3) is 0 Å². The van der Waals surface area contributed by atoms with E-state index in [1.54, 1.807) is 12.3 Å². The summed E-state index contributed by atoms with van der Waals surface area (Å²) in [5.74, 6) is 1.40. The Balaban J connectivity index is 1.16. The molecule has 3 aliphatic rings. The number of carbonyl (C=O) groups excluding carboxylic acids is 1. The first kappa shape index (κ1) is 23.7. The van der Waals surface area contributed by atoms with Crippen molar-refractivity contribution in [3.63, 3.8) is 0 Å². The fourth-order valence-electron chi connectivity index (χ4n) is 6.19. The molecule has 9 nitrogen and oxygen atoms in total. The number of carbonyl (C=O) groups is 1. The van der Waals surface area contributed by atoms with Gasteiger partial charge in [-0.05, 0) is 68.4 Å². The maximum atomic E-state index is 12.6. The lowest BCUT2D eigenvalue weighted by Crippen LogP contribution is -2.46. The number of aromatic nitrogens is 3. The number of pyridine rings is 1. The number of H-pyrrole nitrogens is 1. The van der Waals surface area contributed by atoms with Gasteiger partial charge in [0.1, 0.15) is 5.75 Å². The number of likely N-dealkylation sites (tertiary alicyclic amines) is 1. The summed E-state index contributed by atoms with van der Waals surface area (Å²) in [5, 5.41) is 11.3. The molecule has 2 unspecified atom stereocenters. The van der Waals surface area contributed by atoms with Crippen LogP contribution in [0.1, 0.15) is 64.2 Å². The molecule has 1 saturated heterocycles. The number of aryl methyl sites for hydroxylation is 1. The quantitative estimate of drug-likeness (QED) is 0.384. The Bertz CT molecular complexity index is 1410. The zero-order valence-corrected chi connectivity index (χ0v) is 21.1. The number of hydrogen-bond donors (Lipinski definition) is 2. The van der Waals surface area contributed by atoms with Gasteiger partial charge < -0.3 is 9.30 Å². The Hall–Kier alpha value is -3.72. The van der Waals surface area contributed by atoms with Crippen molar-refractivity contribution in [2.75, 3.05) is 19.7 Å². The van der Waals surface area contributed by atoms with E-state index < -0.39 is 0 Å². The van der Waals surface area contributed by atoms with Crippen molar-refractivity contribution in [1.82, 2.24) is 25.1 Å². The molecule has 0 spiro atoms. The monoisotopic (exact) mass is 500 g/mol. The number of fused-ring (bicyclic) bond motifs is 5. The van der Waals surface area contributed by atoms with E-state index in [4.69, 9.17) is 4.74 Å². The van der Waals surface area contributed by atoms with E-state index in [2.05, 4.69) is 37.8 Å². The standard InChI is InChI=1S/C28H32N6O3/c1-2-37-25-10-9-18(13-29-32-28(36)27-22-5-3-6-23(22)30-31-27)11-21(25)17-33-14-19-12-20(16-33)24-7-4-8-26(35)34(24)15-19/h4,7-11,13,19-20H,2-3,5-6,12,14-17H2,1H3,(H,30,31)(H,32,36). The topological polar surface area (TPSA) is 105 Å². The number of benzene rings is 1. The SMILES string of the molecule is CCOc1ccc(C=NNC(=O)c2n[nH]c3c2CCC3)cc1CN1CC2CC(C1)c1cccc(=O)n1C2. The maximum absolute atomic E-state index is 12.6. The van der Waals surface area contributed by atoms with E-state index in [0.717, 1.165) is 85.7 Å². The van der Waals surface area contributed by atoms with Gasteiger partial charge in [-0.25, -0.2) is 5.43 Å². The fourth-order valence-corrected chi connectivity index (χ4v) is 6.19. The lowest BCUT2D eigenvalue weighted by Gasteiger charge is -2.43. The first-order valence-corrected chi connectivity index (χ1v) is 13.2. The summed E-state index contributed by atoms with van der Waals surface area (Å²) in [4.78, 5) is 27.4. The zero-order chi connectivity index (χ0) is 25.4. The van der Waals surface area contributed by atoms with Gasteiger partial charge in [-0.15, -0.1) is 0 Å². The number of nitrogens with zero attached hydrogens (tertiary/aromatic N) is 4. The summed E-state index contributed by atoms with van der Waals surface area (Å²) in [5.41, 5.74) is 8.37. The van der Waals surface area contributed by atoms with Crippen LogP contribution in [0.15, 0.2) is 46.3 Å². The van der Waals surface area contributed by atoms with Crippen LogP contribution in [0.4, 0.5) is 0 Å². The lowest BCUT2D eigenvalue weighted by molar-refractivity contribution is 0.0949. The molecule has 2 aromatic heterocycles. The van der Waals surface area contributed by atoms with Crippen molar-refractivity contribution in [1.29, 1.82) is 0 Å². The van der Waals surface area contributed by atoms with Gasteiger partial charge in [-0.2, -0.15) is 10.2 Å². The molecule has 2 bridgehead atoms. The Morgan fingerprint density at radius 2 is 2.16 bits per heavy atom. The number of rotatable bonds is 7. The molecule has 37 heavy (non-hydrogen) atoms. The number of hydrazone groups is 1. The van der Waals surface area contributed by atoms with Crippen molar-refractivity contribution in [2.24, 2.45) is 11.0 Å². The molecule has 2 N–H and O–H groups in total. The molecule has 2 atom stereocenters. The van der Waals surface area contributed by atoms with Gasteiger partial charge in [0.25, 0.3) is 11.5 Å². The molecule has 1 amide bonds. The Morgan fingerprint density at radius 1 is 1.24 bits per heavy atom. The number of hydrogen-bond acceptors (Lipinski definition) is 6. The molecule has 6 rings (SSSR count). The summed E-state index contributed by atoms with van der Waals surface area (Å²) in [6, 6.07) is 11.6. The van der Waals surface area contributed by atoms with Gasteiger partial charge in [-0.1, -0.05) is 6.07 Å². The second kappa shape index (κ2) is 9.97. The van der Waals surface area contributed by atoms with Gasteiger partial charge in [0.2, 0.25) is 0 Å². The maximum Gasteiger partial charge on any atom is 0.292 e. The van der Waals surface area contributed by atoms with E-state index >= 15 is 0 Å². The third-order valence-electron chi connectivity index (χ3n) is 7.73. The van der Waals surface area contributed by atoms with Crippen LogP contribution in [-0.2, 0) is 25.9 Å². The van der Waals surface area contributed by atoms with Crippen molar-refractivity contribution < 1.29 is 9.53 Å². The minimum atomic E-state index is -0.291. The fraction of sp³-hybridized carbons (Fsp3) is 0.429. The van der Waals surface area contributed by atoms with Crippen LogP contribution in [0.3, 0.4) is 0 Å². The summed E-state index contributed by atoms with van der Waals surface area (Å²) in [6.07, 6.45) is 5.66. The molecule has 3 aromatic rings. The Labute approximate surface area is 215 Å². The van der Waals surface area contributed by atoms with Gasteiger partial charge in [0.05, 0.1) is 12.8 Å². The second-order valence-corrected chi connectivity index (χ2v) is 10.3. The van der Waals surface area contributed by atoms with Gasteiger partial charge >= 0.3 is 0 Å². The summed E-state index contributed by atoms with van der Waals surface area (Å²) < 4.78 is 7.90. The van der Waals surface area contributed by atoms with Crippen LogP contribution in [0, 0.1) is 5.92 Å². The number of piperidine rings is 1. The van der Waals surface area contributed by atoms with Crippen LogP contribution in [-0.4, -0.2) is 51.5 Å². The Kier molecular flexibility index (Phi) is 6.38. The Morgan fingerprint density at radius 3 is 3.05 bits per heavy atom. The molecule has 0 radical (unpaired) electrons. The molecule has 1 aromatic carbocycles. The van der Waals surface area contributed by atoms with Crippen molar-refractivity contribution in [2.45, 2.75) is 51.6 Å². The van der Waals surface area contributed by atoms with E-state index in [1.807, 2.05) is 29.7 Å². The number of ether oxygens (including phenoxy) is 1. The highest BCUT2D eigenvalue weighted by atomic mass is 16.5. The highest BCUT2D eigenvalue weighted by molar-refractivity contribution is 5.94. The minimum absolute atomic E-state index is 0.107. The molecule has 0 saturated carbocycles. The molecule has 1 fully saturated rings. The average Bonchev–Trinajstić information content (AvgIpc) is 3.51. The van der Waals surface area contributed by atoms with E-state index in [9.17, 15) is 9.59 Å². The number of nitrogens with one attached hydrogen (secondary N) is 2. The van der Waals surface area contributed by atoms with E-state index in [1.165, 1.54) is 0 Å². The van der Waals surface area contributed by atoms with Crippen molar-refractivity contribution in [3.8, 4) is 5.75 Å². The summed E-state index contributed by atoms with van der Waals surface area (Å²) in [7, 11) is 0. The summed E-state index contributed by atoms with van der Waals surface area (Å²) in [6.45, 7) is 5.98. The predicted molar refractivity (Wildman–Crippen MR) is 140 cm³/mol. The molecule has 192 valence electrons. The molecule has 2 aliphatic heterocycles. The lowest BCUT2D eigenvalue weighted by atomic mass is 9.83. The first-order valence-electron chi connectivity index (χ1n) is 13.2. The third-order valence-corrected chi connectivity index (χ3v) is 7.73. The zero-order valence-electron chi connectivity index (χ0n) is 21.1. The molecule has 9 heteroatoms. The molecular formula is C28H32N6O3. The number of amides is 1.